The quantitative estimate of drug-likeness (QED) is 0.506. The van der Waals surface area contributed by atoms with E-state index in [2.05, 4.69) is 36.3 Å². The Morgan fingerprint density at radius 2 is 1.49 bits per heavy atom. The van der Waals surface area contributed by atoms with Gasteiger partial charge in [0.05, 0.1) is 11.4 Å². The van der Waals surface area contributed by atoms with Gasteiger partial charge in [-0.2, -0.15) is 5.10 Å². The molecule has 1 saturated carbocycles. The molecule has 2 aliphatic rings. The van der Waals surface area contributed by atoms with Crippen LogP contribution in [0.25, 0.3) is 5.69 Å². The fourth-order valence-electron chi connectivity index (χ4n) is 4.53. The number of rotatable bonds is 5. The molecule has 8 nitrogen and oxygen atoms in total. The van der Waals surface area contributed by atoms with Crippen molar-refractivity contribution in [3.8, 4) is 5.69 Å². The van der Waals surface area contributed by atoms with Gasteiger partial charge in [-0.1, -0.05) is 38.5 Å². The molecule has 0 unspecified atom stereocenters. The number of carbonyl (C=O) groups excluding carboxylic acids is 2. The van der Waals surface area contributed by atoms with Crippen LogP contribution in [-0.4, -0.2) is 52.8 Å². The molecule has 0 spiro atoms. The largest absolute Gasteiger partial charge is 0.368 e. The molecule has 1 aliphatic heterocycles. The first-order valence-corrected chi connectivity index (χ1v) is 13.1. The Kier molecular flexibility index (Phi) is 6.67. The number of nitrogens with one attached hydrogen (secondary N) is 2. The lowest BCUT2D eigenvalue weighted by molar-refractivity contribution is -0.132. The second kappa shape index (κ2) is 9.92. The van der Waals surface area contributed by atoms with E-state index in [1.54, 1.807) is 4.68 Å². The molecule has 3 amide bonds. The summed E-state index contributed by atoms with van der Waals surface area (Å²) in [6.07, 6.45) is 2.10. The molecule has 37 heavy (non-hydrogen) atoms. The van der Waals surface area contributed by atoms with Crippen LogP contribution in [0.5, 0.6) is 0 Å². The normalized spacial score (nSPS) is 16.0. The summed E-state index contributed by atoms with van der Waals surface area (Å²) >= 11 is 0. The van der Waals surface area contributed by atoms with Crippen LogP contribution in [0.15, 0.2) is 54.6 Å². The van der Waals surface area contributed by atoms with Crippen LogP contribution in [-0.2, 0) is 10.2 Å². The zero-order valence-electron chi connectivity index (χ0n) is 22.1. The van der Waals surface area contributed by atoms with Crippen LogP contribution in [0.2, 0.25) is 0 Å². The third-order valence-electron chi connectivity index (χ3n) is 7.01. The molecule has 1 saturated heterocycles. The number of carbonyl (C=O) groups is 2. The molecule has 2 heterocycles. The summed E-state index contributed by atoms with van der Waals surface area (Å²) in [5, 5.41) is 10.7. The highest BCUT2D eigenvalue weighted by molar-refractivity contribution is 5.99. The minimum Gasteiger partial charge on any atom is -0.368 e. The summed E-state index contributed by atoms with van der Waals surface area (Å²) in [6, 6.07) is 17.5. The molecule has 0 bridgehead atoms. The van der Waals surface area contributed by atoms with E-state index in [9.17, 15) is 9.59 Å². The predicted molar refractivity (Wildman–Crippen MR) is 148 cm³/mol. The molecule has 0 atom stereocenters. The number of urea groups is 1. The van der Waals surface area contributed by atoms with Crippen molar-refractivity contribution in [2.45, 2.75) is 46.0 Å². The maximum atomic E-state index is 12.9. The molecule has 3 aromatic rings. The highest BCUT2D eigenvalue weighted by Crippen LogP contribution is 2.32. The number of aromatic nitrogens is 2. The number of nitrogens with zero attached hydrogens (tertiary/aromatic N) is 4. The predicted octanol–water partition coefficient (Wildman–Crippen LogP) is 5.18. The highest BCUT2D eigenvalue weighted by atomic mass is 16.2. The van der Waals surface area contributed by atoms with Crippen LogP contribution >= 0.6 is 0 Å². The van der Waals surface area contributed by atoms with E-state index in [1.807, 2.05) is 66.4 Å². The Morgan fingerprint density at radius 3 is 2.08 bits per heavy atom. The number of piperazine rings is 1. The average molecular weight is 501 g/mol. The maximum Gasteiger partial charge on any atom is 0.324 e. The molecule has 1 aliphatic carbocycles. The zero-order valence-corrected chi connectivity index (χ0v) is 22.1. The van der Waals surface area contributed by atoms with E-state index in [-0.39, 0.29) is 17.4 Å². The molecule has 194 valence electrons. The van der Waals surface area contributed by atoms with Gasteiger partial charge < -0.3 is 15.1 Å². The minimum absolute atomic E-state index is 0.157. The second-order valence-electron chi connectivity index (χ2n) is 11.1. The molecule has 0 radical (unpaired) electrons. The average Bonchev–Trinajstić information content (AvgIpc) is 3.64. The summed E-state index contributed by atoms with van der Waals surface area (Å²) in [4.78, 5) is 29.5. The first-order valence-electron chi connectivity index (χ1n) is 13.1. The molecule has 8 heteroatoms. The van der Waals surface area contributed by atoms with Crippen molar-refractivity contribution in [1.82, 2.24) is 14.7 Å². The lowest BCUT2D eigenvalue weighted by atomic mass is 9.92. The Morgan fingerprint density at radius 1 is 0.865 bits per heavy atom. The molecular formula is C29H36N6O2. The number of hydrogen-bond donors (Lipinski definition) is 2. The van der Waals surface area contributed by atoms with Gasteiger partial charge in [-0.05, 0) is 56.2 Å². The molecule has 1 aromatic heterocycles. The van der Waals surface area contributed by atoms with Gasteiger partial charge in [0.1, 0.15) is 5.82 Å². The van der Waals surface area contributed by atoms with Gasteiger partial charge in [-0.25, -0.2) is 9.48 Å². The molecule has 2 fully saturated rings. The topological polar surface area (TPSA) is 82.5 Å². The summed E-state index contributed by atoms with van der Waals surface area (Å²) in [5.74, 6) is 1.21. The zero-order chi connectivity index (χ0) is 26.2. The van der Waals surface area contributed by atoms with Crippen molar-refractivity contribution < 1.29 is 9.59 Å². The Labute approximate surface area is 218 Å². The summed E-state index contributed by atoms with van der Waals surface area (Å²) < 4.78 is 1.77. The van der Waals surface area contributed by atoms with Gasteiger partial charge in [0.15, 0.2) is 0 Å². The van der Waals surface area contributed by atoms with Crippen molar-refractivity contribution in [3.63, 3.8) is 0 Å². The lowest BCUT2D eigenvalue weighted by Gasteiger charge is -2.36. The SMILES string of the molecule is Cc1ccc(-n2nc(C(C)(C)C)cc2NC(=O)Nc2ccc(N3CCN(C(=O)C4CC4)CC3)cc2)cc1. The Hall–Kier alpha value is -3.81. The Balaban J connectivity index is 1.22. The molecular weight excluding hydrogens is 464 g/mol. The van der Waals surface area contributed by atoms with Crippen molar-refractivity contribution >= 4 is 29.1 Å². The van der Waals surface area contributed by atoms with Crippen LogP contribution in [0, 0.1) is 12.8 Å². The van der Waals surface area contributed by atoms with Gasteiger partial charge in [0.2, 0.25) is 5.91 Å². The molecule has 2 N–H and O–H groups in total. The van der Waals surface area contributed by atoms with E-state index < -0.39 is 0 Å². The van der Waals surface area contributed by atoms with Crippen molar-refractivity contribution in [1.29, 1.82) is 0 Å². The van der Waals surface area contributed by atoms with E-state index in [0.29, 0.717) is 17.4 Å². The second-order valence-corrected chi connectivity index (χ2v) is 11.1. The van der Waals surface area contributed by atoms with Gasteiger partial charge in [0.25, 0.3) is 0 Å². The fourth-order valence-corrected chi connectivity index (χ4v) is 4.53. The van der Waals surface area contributed by atoms with Gasteiger partial charge in [0, 0.05) is 55.0 Å². The lowest BCUT2D eigenvalue weighted by Crippen LogP contribution is -2.49. The summed E-state index contributed by atoms with van der Waals surface area (Å²) in [5.41, 5.74) is 4.59. The van der Waals surface area contributed by atoms with E-state index >= 15 is 0 Å². The smallest absolute Gasteiger partial charge is 0.324 e. The number of anilines is 3. The third kappa shape index (κ3) is 5.79. The molecule has 5 rings (SSSR count). The summed E-state index contributed by atoms with van der Waals surface area (Å²) in [6.45, 7) is 11.5. The maximum absolute atomic E-state index is 12.9. The molecule has 2 aromatic carbocycles. The number of amides is 3. The number of aryl methyl sites for hydroxylation is 1. The Bertz CT molecular complexity index is 1260. The first-order chi connectivity index (χ1) is 17.7. The number of benzene rings is 2. The van der Waals surface area contributed by atoms with Gasteiger partial charge >= 0.3 is 6.03 Å². The number of hydrogen-bond acceptors (Lipinski definition) is 4. The van der Waals surface area contributed by atoms with Gasteiger partial charge in [-0.3, -0.25) is 10.1 Å². The van der Waals surface area contributed by atoms with Crippen molar-refractivity contribution in [2.75, 3.05) is 41.7 Å². The monoisotopic (exact) mass is 500 g/mol. The highest BCUT2D eigenvalue weighted by Gasteiger charge is 2.34. The van der Waals surface area contributed by atoms with Crippen LogP contribution in [0.1, 0.15) is 44.9 Å². The van der Waals surface area contributed by atoms with Crippen molar-refractivity contribution in [3.05, 3.63) is 65.9 Å². The minimum atomic E-state index is -0.325. The van der Waals surface area contributed by atoms with Crippen molar-refractivity contribution in [2.24, 2.45) is 5.92 Å². The van der Waals surface area contributed by atoms with Crippen LogP contribution in [0.3, 0.4) is 0 Å². The van der Waals surface area contributed by atoms with E-state index in [4.69, 9.17) is 5.10 Å². The van der Waals surface area contributed by atoms with Gasteiger partial charge in [-0.15, -0.1) is 0 Å². The summed E-state index contributed by atoms with van der Waals surface area (Å²) in [7, 11) is 0. The van der Waals surface area contributed by atoms with Crippen LogP contribution in [0.4, 0.5) is 22.0 Å². The van der Waals surface area contributed by atoms with E-state index in [0.717, 1.165) is 61.7 Å². The third-order valence-corrected chi connectivity index (χ3v) is 7.01. The fraction of sp³-hybridized carbons (Fsp3) is 0.414. The van der Waals surface area contributed by atoms with Crippen LogP contribution < -0.4 is 15.5 Å². The standard InChI is InChI=1S/C29H36N6O2/c1-20-5-11-24(12-6-20)35-26(19-25(32-35)29(2,3)4)31-28(37)30-22-9-13-23(14-10-22)33-15-17-34(18-16-33)27(36)21-7-8-21/h5-6,9-14,19,21H,7-8,15-18H2,1-4H3,(H2,30,31,37). The first kappa shape index (κ1) is 24.9. The van der Waals surface area contributed by atoms with E-state index in [1.165, 1.54) is 0 Å².